The van der Waals surface area contributed by atoms with Crippen molar-refractivity contribution in [3.8, 4) is 0 Å². The van der Waals surface area contributed by atoms with Crippen molar-refractivity contribution in [2.24, 2.45) is 7.05 Å². The third-order valence-corrected chi connectivity index (χ3v) is 4.56. The molecule has 0 bridgehead atoms. The van der Waals surface area contributed by atoms with Crippen LogP contribution in [0.2, 0.25) is 0 Å². The second kappa shape index (κ2) is 7.12. The van der Waals surface area contributed by atoms with Crippen LogP contribution in [0.5, 0.6) is 0 Å². The lowest BCUT2D eigenvalue weighted by Gasteiger charge is -2.24. The zero-order valence-corrected chi connectivity index (χ0v) is 15.3. The van der Waals surface area contributed by atoms with E-state index in [9.17, 15) is 18.0 Å². The van der Waals surface area contributed by atoms with E-state index in [1.54, 1.807) is 53.5 Å². The van der Waals surface area contributed by atoms with Crippen LogP contribution in [-0.2, 0) is 11.8 Å². The number of carbonyl (C=O) groups excluding carboxylic acids is 1. The van der Waals surface area contributed by atoms with Gasteiger partial charge in [-0.1, -0.05) is 12.1 Å². The molecule has 4 heterocycles. The molecule has 0 saturated carbocycles. The molecule has 0 saturated heterocycles. The van der Waals surface area contributed by atoms with E-state index in [1.165, 1.54) is 24.4 Å². The Morgan fingerprint density at radius 3 is 2.79 bits per heavy atom. The molecule has 2 aromatic rings. The normalized spacial score (nSPS) is 19.2. The number of nitrogens with one attached hydrogen (secondary N) is 2. The summed E-state index contributed by atoms with van der Waals surface area (Å²) in [7, 11) is 1.76. The number of amides is 1. The van der Waals surface area contributed by atoms with Gasteiger partial charge in [0.15, 0.2) is 6.04 Å². The van der Waals surface area contributed by atoms with E-state index in [2.05, 4.69) is 20.7 Å². The largest absolute Gasteiger partial charge is 0.414 e. The van der Waals surface area contributed by atoms with Gasteiger partial charge in [0.2, 0.25) is 0 Å². The standard InChI is InChI=1S/C19H17F3N6O/c1-27-11-12(10-24-27)17-25-15(14-7-3-5-9-28(14)17)18(29)26-16(19(20,21)22)13-6-2-4-8-23-13/h2-11,16-17,25H,1H3,(H,26,29). The molecule has 1 amide bonds. The highest BCUT2D eigenvalue weighted by molar-refractivity contribution is 5.95. The first-order valence-corrected chi connectivity index (χ1v) is 8.75. The van der Waals surface area contributed by atoms with Crippen molar-refractivity contribution in [1.82, 2.24) is 30.3 Å². The molecule has 7 nitrogen and oxygen atoms in total. The third kappa shape index (κ3) is 3.60. The average molecular weight is 402 g/mol. The van der Waals surface area contributed by atoms with Gasteiger partial charge in [-0.15, -0.1) is 0 Å². The van der Waals surface area contributed by atoms with E-state index < -0.39 is 24.3 Å². The van der Waals surface area contributed by atoms with Gasteiger partial charge in [-0.3, -0.25) is 14.5 Å². The quantitative estimate of drug-likeness (QED) is 0.822. The predicted molar refractivity (Wildman–Crippen MR) is 97.4 cm³/mol. The van der Waals surface area contributed by atoms with Gasteiger partial charge in [-0.25, -0.2) is 0 Å². The lowest BCUT2D eigenvalue weighted by atomic mass is 10.1. The van der Waals surface area contributed by atoms with Gasteiger partial charge >= 0.3 is 6.18 Å². The van der Waals surface area contributed by atoms with Gasteiger partial charge in [-0.05, 0) is 24.3 Å². The van der Waals surface area contributed by atoms with E-state index in [0.29, 0.717) is 5.70 Å². The summed E-state index contributed by atoms with van der Waals surface area (Å²) in [5.41, 5.74) is 1.01. The van der Waals surface area contributed by atoms with E-state index in [4.69, 9.17) is 0 Å². The number of pyridine rings is 1. The Labute approximate surface area is 164 Å². The Balaban J connectivity index is 1.63. The van der Waals surface area contributed by atoms with Gasteiger partial charge in [0.05, 0.1) is 17.6 Å². The van der Waals surface area contributed by atoms with Crippen LogP contribution >= 0.6 is 0 Å². The van der Waals surface area contributed by atoms with Gasteiger partial charge in [0.1, 0.15) is 11.9 Å². The van der Waals surface area contributed by atoms with Crippen molar-refractivity contribution in [1.29, 1.82) is 0 Å². The second-order valence-electron chi connectivity index (χ2n) is 6.57. The van der Waals surface area contributed by atoms with Crippen molar-refractivity contribution < 1.29 is 18.0 Å². The number of hydrogen-bond donors (Lipinski definition) is 2. The fourth-order valence-electron chi connectivity index (χ4n) is 3.25. The molecule has 29 heavy (non-hydrogen) atoms. The molecule has 10 heteroatoms. The monoisotopic (exact) mass is 402 g/mol. The molecular weight excluding hydrogens is 385 g/mol. The lowest BCUT2D eigenvalue weighted by Crippen LogP contribution is -2.41. The van der Waals surface area contributed by atoms with E-state index in [-0.39, 0.29) is 11.4 Å². The minimum absolute atomic E-state index is 0.0460. The van der Waals surface area contributed by atoms with Gasteiger partial charge < -0.3 is 15.5 Å². The highest BCUT2D eigenvalue weighted by Gasteiger charge is 2.44. The first kappa shape index (κ1) is 18.8. The van der Waals surface area contributed by atoms with Gasteiger partial charge in [0, 0.05) is 31.2 Å². The predicted octanol–water partition coefficient (Wildman–Crippen LogP) is 2.43. The molecule has 0 fully saturated rings. The zero-order valence-electron chi connectivity index (χ0n) is 15.3. The molecule has 2 aliphatic heterocycles. The number of nitrogens with zero attached hydrogens (tertiary/aromatic N) is 4. The molecular formula is C19H17F3N6O. The maximum Gasteiger partial charge on any atom is 0.414 e. The van der Waals surface area contributed by atoms with Crippen LogP contribution in [0.3, 0.4) is 0 Å². The lowest BCUT2D eigenvalue weighted by molar-refractivity contribution is -0.163. The minimum Gasteiger partial charge on any atom is -0.355 e. The molecule has 0 radical (unpaired) electrons. The van der Waals surface area contributed by atoms with Crippen molar-refractivity contribution in [3.05, 3.63) is 83.9 Å². The summed E-state index contributed by atoms with van der Waals surface area (Å²) in [5, 5.41) is 9.21. The molecule has 2 unspecified atom stereocenters. The second-order valence-corrected chi connectivity index (χ2v) is 6.57. The first-order valence-electron chi connectivity index (χ1n) is 8.75. The Morgan fingerprint density at radius 1 is 1.31 bits per heavy atom. The molecule has 2 N–H and O–H groups in total. The fourth-order valence-corrected chi connectivity index (χ4v) is 3.25. The maximum atomic E-state index is 13.6. The smallest absolute Gasteiger partial charge is 0.355 e. The van der Waals surface area contributed by atoms with Crippen LogP contribution in [0.4, 0.5) is 13.2 Å². The Hall–Kier alpha value is -3.56. The highest BCUT2D eigenvalue weighted by atomic mass is 19.4. The summed E-state index contributed by atoms with van der Waals surface area (Å²) < 4.78 is 42.4. The number of halogens is 3. The summed E-state index contributed by atoms with van der Waals surface area (Å²) in [5.74, 6) is -0.871. The topological polar surface area (TPSA) is 75.1 Å². The molecule has 2 aromatic heterocycles. The van der Waals surface area contributed by atoms with Crippen LogP contribution in [-0.4, -0.2) is 31.7 Å². The molecule has 2 aliphatic rings. The molecule has 0 aromatic carbocycles. The number of carbonyl (C=O) groups is 1. The van der Waals surface area contributed by atoms with Gasteiger partial charge in [-0.2, -0.15) is 18.3 Å². The van der Waals surface area contributed by atoms with E-state index in [1.807, 2.05) is 0 Å². The van der Waals surface area contributed by atoms with E-state index in [0.717, 1.165) is 5.56 Å². The van der Waals surface area contributed by atoms with Crippen molar-refractivity contribution >= 4 is 5.91 Å². The number of rotatable bonds is 4. The molecule has 0 aliphatic carbocycles. The number of alkyl halides is 3. The highest BCUT2D eigenvalue weighted by Crippen LogP contribution is 2.35. The Kier molecular flexibility index (Phi) is 4.61. The summed E-state index contributed by atoms with van der Waals surface area (Å²) in [6.45, 7) is 0. The number of aromatic nitrogens is 3. The van der Waals surface area contributed by atoms with Crippen LogP contribution < -0.4 is 10.6 Å². The van der Waals surface area contributed by atoms with Crippen molar-refractivity contribution in [2.45, 2.75) is 18.4 Å². The fraction of sp³-hybridized carbons (Fsp3) is 0.211. The van der Waals surface area contributed by atoms with Crippen LogP contribution in [0.25, 0.3) is 0 Å². The Morgan fingerprint density at radius 2 is 2.14 bits per heavy atom. The Bertz CT molecular complexity index is 1010. The first-order chi connectivity index (χ1) is 13.8. The molecule has 0 spiro atoms. The molecule has 4 rings (SSSR count). The summed E-state index contributed by atoms with van der Waals surface area (Å²) in [4.78, 5) is 18.4. The zero-order chi connectivity index (χ0) is 20.6. The minimum atomic E-state index is -4.70. The summed E-state index contributed by atoms with van der Waals surface area (Å²) >= 11 is 0. The van der Waals surface area contributed by atoms with Gasteiger partial charge in [0.25, 0.3) is 5.91 Å². The molecule has 150 valence electrons. The van der Waals surface area contributed by atoms with Crippen LogP contribution in [0.1, 0.15) is 23.5 Å². The van der Waals surface area contributed by atoms with Crippen molar-refractivity contribution in [2.75, 3.05) is 0 Å². The number of hydrogen-bond acceptors (Lipinski definition) is 5. The van der Waals surface area contributed by atoms with Crippen LogP contribution in [0.15, 0.2) is 72.6 Å². The third-order valence-electron chi connectivity index (χ3n) is 4.56. The number of allylic oxidation sites excluding steroid dienone is 3. The summed E-state index contributed by atoms with van der Waals surface area (Å²) in [6.07, 6.45) is 6.42. The summed E-state index contributed by atoms with van der Waals surface area (Å²) in [6, 6.07) is 1.96. The maximum absolute atomic E-state index is 13.6. The van der Waals surface area contributed by atoms with Crippen LogP contribution in [0, 0.1) is 0 Å². The average Bonchev–Trinajstić information content (AvgIpc) is 3.29. The van der Waals surface area contributed by atoms with Crippen molar-refractivity contribution in [3.63, 3.8) is 0 Å². The van der Waals surface area contributed by atoms with E-state index >= 15 is 0 Å². The number of aryl methyl sites for hydroxylation is 1. The number of fused-ring (bicyclic) bond motifs is 1. The molecule has 2 atom stereocenters. The SMILES string of the molecule is Cn1cc(C2NC(C(=O)NC(c3ccccn3)C(F)(F)F)=C3C=CC=CN32)cn1.